The maximum atomic E-state index is 13.0. The van der Waals surface area contributed by atoms with Gasteiger partial charge in [-0.05, 0) is 29.5 Å². The van der Waals surface area contributed by atoms with Crippen molar-refractivity contribution in [2.75, 3.05) is 5.75 Å². The summed E-state index contributed by atoms with van der Waals surface area (Å²) in [6.07, 6.45) is -5.42. The smallest absolute Gasteiger partial charge is 0.309 e. The molecule has 0 saturated carbocycles. The number of phenolic OH excluding ortho intramolecular Hbond substituents is 1. The third-order valence-corrected chi connectivity index (χ3v) is 5.28. The Hall–Kier alpha value is -1.55. The lowest BCUT2D eigenvalue weighted by Gasteiger charge is -2.23. The third-order valence-electron chi connectivity index (χ3n) is 4.53. The molecule has 0 fully saturated rings. The molecular weight excluding hydrogens is 403 g/mol. The van der Waals surface area contributed by atoms with E-state index in [1.165, 1.54) is 0 Å². The Balaban J connectivity index is 3.20. The highest BCUT2D eigenvalue weighted by molar-refractivity contribution is 7.85. The minimum Gasteiger partial charge on any atom is -0.507 e. The first kappa shape index (κ1) is 25.5. The summed E-state index contributed by atoms with van der Waals surface area (Å²) < 4.78 is 61.3. The van der Waals surface area contributed by atoms with Crippen LogP contribution >= 0.6 is 0 Å². The molecule has 0 heterocycles. The number of halogens is 2. The molecule has 12 heteroatoms. The third kappa shape index (κ3) is 7.03. The molecule has 0 spiro atoms. The SMILES string of the molecule is [B]Cc1cc(C[B])c(CC(CC)C(=O)OC(CS(=O)(=O)O)C(F)F)c(C[B])c1O. The molecule has 2 unspecified atom stereocenters. The van der Waals surface area contributed by atoms with Gasteiger partial charge in [0.05, 0.1) is 29.5 Å². The van der Waals surface area contributed by atoms with Crippen LogP contribution in [0.4, 0.5) is 8.78 Å². The number of phenols is 1. The van der Waals surface area contributed by atoms with E-state index in [-0.39, 0.29) is 37.6 Å². The molecule has 1 aromatic carbocycles. The molecule has 2 N–H and O–H groups in total. The summed E-state index contributed by atoms with van der Waals surface area (Å²) in [7, 11) is 12.3. The Morgan fingerprint density at radius 2 is 1.72 bits per heavy atom. The van der Waals surface area contributed by atoms with E-state index in [1.807, 2.05) is 0 Å². The largest absolute Gasteiger partial charge is 0.507 e. The Kier molecular flexibility index (Phi) is 9.68. The van der Waals surface area contributed by atoms with E-state index >= 15 is 0 Å². The molecule has 1 aromatic rings. The van der Waals surface area contributed by atoms with Crippen molar-refractivity contribution in [1.29, 1.82) is 0 Å². The number of carbonyl (C=O) groups is 1. The van der Waals surface area contributed by atoms with Crippen LogP contribution in [0, 0.1) is 5.92 Å². The zero-order valence-electron chi connectivity index (χ0n) is 16.0. The van der Waals surface area contributed by atoms with Crippen LogP contribution in [0.2, 0.25) is 0 Å². The quantitative estimate of drug-likeness (QED) is 0.313. The van der Waals surface area contributed by atoms with Gasteiger partial charge in [-0.1, -0.05) is 37.5 Å². The van der Waals surface area contributed by atoms with E-state index < -0.39 is 40.3 Å². The van der Waals surface area contributed by atoms with Crippen LogP contribution in [-0.4, -0.2) is 65.9 Å². The van der Waals surface area contributed by atoms with Crippen LogP contribution in [0.1, 0.15) is 35.6 Å². The minimum absolute atomic E-state index is 0.0192. The zero-order valence-corrected chi connectivity index (χ0v) is 16.8. The predicted molar refractivity (Wildman–Crippen MR) is 106 cm³/mol. The Labute approximate surface area is 173 Å². The molecule has 0 amide bonds. The van der Waals surface area contributed by atoms with Crippen LogP contribution < -0.4 is 0 Å². The van der Waals surface area contributed by atoms with Crippen molar-refractivity contribution in [3.8, 4) is 5.75 Å². The maximum absolute atomic E-state index is 13.0. The minimum atomic E-state index is -4.78. The zero-order chi connectivity index (χ0) is 22.4. The number of hydrogen-bond donors (Lipinski definition) is 2. The number of benzene rings is 1. The van der Waals surface area contributed by atoms with Gasteiger partial charge in [0.15, 0.2) is 6.10 Å². The topological polar surface area (TPSA) is 101 Å². The standard InChI is InChI=1S/C17H21B3F2O6S/c1-2-9(17(24)28-14(16(21)22)8-29(25,26)27)4-12-10(5-18)3-11(6-19)15(23)13(12)7-20/h3,9,14,16,23H,2,4-8H2,1H3,(H,25,26,27). The van der Waals surface area contributed by atoms with Crippen LogP contribution in [0.3, 0.4) is 0 Å². The molecule has 6 nitrogen and oxygen atoms in total. The highest BCUT2D eigenvalue weighted by atomic mass is 32.2. The molecule has 6 radical (unpaired) electrons. The molecule has 0 aromatic heterocycles. The van der Waals surface area contributed by atoms with Gasteiger partial charge in [-0.15, -0.1) is 0 Å². The first-order chi connectivity index (χ1) is 13.5. The molecule has 0 aliphatic carbocycles. The summed E-state index contributed by atoms with van der Waals surface area (Å²) in [4.78, 5) is 12.4. The lowest BCUT2D eigenvalue weighted by Crippen LogP contribution is -2.35. The number of hydrogen-bond acceptors (Lipinski definition) is 5. The van der Waals surface area contributed by atoms with Crippen molar-refractivity contribution in [2.24, 2.45) is 5.92 Å². The monoisotopic (exact) mass is 424 g/mol. The number of aromatic hydroxyl groups is 1. The van der Waals surface area contributed by atoms with Gasteiger partial charge >= 0.3 is 5.97 Å². The van der Waals surface area contributed by atoms with Crippen LogP contribution in [0.15, 0.2) is 6.07 Å². The van der Waals surface area contributed by atoms with Gasteiger partial charge in [-0.25, -0.2) is 8.78 Å². The fourth-order valence-corrected chi connectivity index (χ4v) is 3.59. The predicted octanol–water partition coefficient (Wildman–Crippen LogP) is 1.03. The number of rotatable bonds is 11. The van der Waals surface area contributed by atoms with Gasteiger partial charge in [0.2, 0.25) is 0 Å². The van der Waals surface area contributed by atoms with Crippen molar-refractivity contribution in [1.82, 2.24) is 0 Å². The highest BCUT2D eigenvalue weighted by Crippen LogP contribution is 2.32. The molecule has 2 atom stereocenters. The highest BCUT2D eigenvalue weighted by Gasteiger charge is 2.32. The molecule has 154 valence electrons. The molecule has 29 heavy (non-hydrogen) atoms. The summed E-state index contributed by atoms with van der Waals surface area (Å²) >= 11 is 0. The van der Waals surface area contributed by atoms with Gasteiger partial charge in [0.1, 0.15) is 11.5 Å². The molecule has 0 aliphatic rings. The molecule has 1 rings (SSSR count). The van der Waals surface area contributed by atoms with Crippen LogP contribution in [0.5, 0.6) is 5.75 Å². The molecule has 0 aliphatic heterocycles. The normalized spacial score (nSPS) is 14.0. The second kappa shape index (κ2) is 11.0. The summed E-state index contributed by atoms with van der Waals surface area (Å²) in [5.41, 5.74) is 1.83. The summed E-state index contributed by atoms with van der Waals surface area (Å²) in [5, 5.41) is 10.3. The van der Waals surface area contributed by atoms with Gasteiger partial charge in [0.25, 0.3) is 16.5 Å². The summed E-state index contributed by atoms with van der Waals surface area (Å²) in [6.45, 7) is 1.62. The lowest BCUT2D eigenvalue weighted by atomic mass is 9.78. The fourth-order valence-electron chi connectivity index (χ4n) is 2.96. The average molecular weight is 424 g/mol. The first-order valence-electron chi connectivity index (χ1n) is 8.88. The van der Waals surface area contributed by atoms with E-state index in [2.05, 4.69) is 4.74 Å². The van der Waals surface area contributed by atoms with Gasteiger partial charge < -0.3 is 9.84 Å². The first-order valence-corrected chi connectivity index (χ1v) is 10.5. The Morgan fingerprint density at radius 3 is 2.14 bits per heavy atom. The maximum Gasteiger partial charge on any atom is 0.309 e. The van der Waals surface area contributed by atoms with E-state index in [1.54, 1.807) is 13.0 Å². The van der Waals surface area contributed by atoms with Crippen molar-refractivity contribution in [2.45, 2.75) is 51.3 Å². The second-order valence-corrected chi connectivity index (χ2v) is 7.98. The number of ether oxygens (including phenoxy) is 1. The van der Waals surface area contributed by atoms with Crippen LogP contribution in [-0.2, 0) is 45.0 Å². The van der Waals surface area contributed by atoms with E-state index in [0.29, 0.717) is 22.3 Å². The second-order valence-electron chi connectivity index (χ2n) is 6.48. The number of alkyl halides is 2. The number of carbonyl (C=O) groups excluding carboxylic acids is 1. The van der Waals surface area contributed by atoms with E-state index in [9.17, 15) is 27.1 Å². The summed E-state index contributed by atoms with van der Waals surface area (Å²) in [5.74, 6) is -3.53. The van der Waals surface area contributed by atoms with Gasteiger partial charge in [-0.3, -0.25) is 9.35 Å². The fraction of sp³-hybridized carbons (Fsp3) is 0.588. The number of esters is 1. The van der Waals surface area contributed by atoms with Crippen molar-refractivity contribution >= 4 is 39.6 Å². The summed E-state index contributed by atoms with van der Waals surface area (Å²) in [6, 6.07) is 1.59. The lowest BCUT2D eigenvalue weighted by molar-refractivity contribution is -0.160. The molecule has 0 saturated heterocycles. The molecule has 0 bridgehead atoms. The van der Waals surface area contributed by atoms with E-state index in [0.717, 1.165) is 0 Å². The van der Waals surface area contributed by atoms with Crippen LogP contribution in [0.25, 0.3) is 0 Å². The van der Waals surface area contributed by atoms with Crippen molar-refractivity contribution in [3.05, 3.63) is 28.3 Å². The Morgan fingerprint density at radius 1 is 1.14 bits per heavy atom. The average Bonchev–Trinajstić information content (AvgIpc) is 2.64. The van der Waals surface area contributed by atoms with Crippen molar-refractivity contribution < 1.29 is 36.4 Å². The Bertz CT molecular complexity index is 820. The molecular formula is C17H21B3F2O6S. The van der Waals surface area contributed by atoms with Gasteiger partial charge in [0, 0.05) is 0 Å². The van der Waals surface area contributed by atoms with Crippen molar-refractivity contribution in [3.63, 3.8) is 0 Å². The van der Waals surface area contributed by atoms with E-state index in [4.69, 9.17) is 28.1 Å². The van der Waals surface area contributed by atoms with Gasteiger partial charge in [-0.2, -0.15) is 8.42 Å².